The highest BCUT2D eigenvalue weighted by Crippen LogP contribution is 2.17. The molecule has 0 radical (unpaired) electrons. The van der Waals surface area contributed by atoms with Gasteiger partial charge in [-0.15, -0.1) is 0 Å². The summed E-state index contributed by atoms with van der Waals surface area (Å²) in [6.45, 7) is 4.04. The van der Waals surface area contributed by atoms with Crippen molar-refractivity contribution in [3.8, 4) is 5.75 Å². The minimum atomic E-state index is -0.409. The summed E-state index contributed by atoms with van der Waals surface area (Å²) in [5.74, 6) is -0.0455. The first-order valence-corrected chi connectivity index (χ1v) is 8.01. The molecule has 7 heteroatoms. The van der Waals surface area contributed by atoms with Crippen molar-refractivity contribution in [2.75, 3.05) is 25.5 Å². The minimum Gasteiger partial charge on any atom is -0.497 e. The van der Waals surface area contributed by atoms with E-state index in [1.165, 1.54) is 0 Å². The molecule has 1 atom stereocenters. The number of benzene rings is 1. The molecule has 1 fully saturated rings. The zero-order valence-corrected chi connectivity index (χ0v) is 14.2. The van der Waals surface area contributed by atoms with E-state index in [-0.39, 0.29) is 24.9 Å². The van der Waals surface area contributed by atoms with Gasteiger partial charge in [-0.1, -0.05) is 6.92 Å². The fourth-order valence-corrected chi connectivity index (χ4v) is 2.51. The van der Waals surface area contributed by atoms with E-state index < -0.39 is 11.9 Å². The highest BCUT2D eigenvalue weighted by molar-refractivity contribution is 6.02. The van der Waals surface area contributed by atoms with Crippen LogP contribution in [0.2, 0.25) is 0 Å². The van der Waals surface area contributed by atoms with Gasteiger partial charge in [-0.3, -0.25) is 14.5 Å². The monoisotopic (exact) mass is 333 g/mol. The molecular formula is C17H23N3O4. The fourth-order valence-electron chi connectivity index (χ4n) is 2.51. The molecular weight excluding hydrogens is 310 g/mol. The molecule has 7 nitrogen and oxygen atoms in total. The van der Waals surface area contributed by atoms with Gasteiger partial charge in [0.1, 0.15) is 12.3 Å². The number of rotatable bonds is 6. The third-order valence-corrected chi connectivity index (χ3v) is 4.14. The van der Waals surface area contributed by atoms with E-state index in [0.29, 0.717) is 18.0 Å². The molecule has 1 N–H and O–H groups in total. The highest BCUT2D eigenvalue weighted by Gasteiger charge is 2.35. The lowest BCUT2D eigenvalue weighted by atomic mass is 10.1. The Balaban J connectivity index is 2.00. The van der Waals surface area contributed by atoms with Crippen LogP contribution in [0.15, 0.2) is 24.3 Å². The van der Waals surface area contributed by atoms with Crippen LogP contribution in [0.25, 0.3) is 0 Å². The van der Waals surface area contributed by atoms with Crippen LogP contribution in [0.5, 0.6) is 5.75 Å². The Hall–Kier alpha value is -2.57. The third kappa shape index (κ3) is 4.04. The first kappa shape index (κ1) is 17.8. The van der Waals surface area contributed by atoms with Gasteiger partial charge < -0.3 is 15.0 Å². The number of ether oxygens (including phenoxy) is 1. The predicted octanol–water partition coefficient (Wildman–Crippen LogP) is 2.09. The van der Waals surface area contributed by atoms with Gasteiger partial charge in [0.15, 0.2) is 0 Å². The molecule has 1 aromatic carbocycles. The molecule has 1 saturated heterocycles. The van der Waals surface area contributed by atoms with Crippen molar-refractivity contribution in [3.05, 3.63) is 24.3 Å². The largest absolute Gasteiger partial charge is 0.497 e. The van der Waals surface area contributed by atoms with Crippen LogP contribution in [0.3, 0.4) is 0 Å². The summed E-state index contributed by atoms with van der Waals surface area (Å²) >= 11 is 0. The van der Waals surface area contributed by atoms with Gasteiger partial charge in [0.05, 0.1) is 7.11 Å². The van der Waals surface area contributed by atoms with Crippen molar-refractivity contribution in [2.45, 2.75) is 32.7 Å². The van der Waals surface area contributed by atoms with Gasteiger partial charge in [0, 0.05) is 24.7 Å². The Bertz CT molecular complexity index is 615. The van der Waals surface area contributed by atoms with Gasteiger partial charge in [-0.05, 0) is 37.6 Å². The topological polar surface area (TPSA) is 79.0 Å². The second-order valence-corrected chi connectivity index (χ2v) is 5.74. The maximum absolute atomic E-state index is 12.4. The van der Waals surface area contributed by atoms with Crippen LogP contribution < -0.4 is 10.1 Å². The fraction of sp³-hybridized carbons (Fsp3) is 0.471. The summed E-state index contributed by atoms with van der Waals surface area (Å²) in [5, 5.41) is 2.68. The van der Waals surface area contributed by atoms with Gasteiger partial charge in [0.2, 0.25) is 11.8 Å². The van der Waals surface area contributed by atoms with E-state index in [9.17, 15) is 14.4 Å². The normalized spacial score (nSPS) is 16.1. The number of carbonyl (C=O) groups excluding carboxylic acids is 3. The van der Waals surface area contributed by atoms with Crippen LogP contribution in [-0.2, 0) is 9.59 Å². The average molecular weight is 333 g/mol. The van der Waals surface area contributed by atoms with Crippen molar-refractivity contribution < 1.29 is 19.1 Å². The second-order valence-electron chi connectivity index (χ2n) is 5.74. The lowest BCUT2D eigenvalue weighted by Crippen LogP contribution is -2.56. The SMILES string of the molecule is CCC(C)N1CCC(=O)N(CC(=O)Nc2ccc(OC)cc2)C1=O. The predicted molar refractivity (Wildman–Crippen MR) is 89.8 cm³/mol. The van der Waals surface area contributed by atoms with Crippen molar-refractivity contribution in [1.29, 1.82) is 0 Å². The van der Waals surface area contributed by atoms with E-state index in [0.717, 1.165) is 11.3 Å². The summed E-state index contributed by atoms with van der Waals surface area (Å²) in [5.41, 5.74) is 0.580. The van der Waals surface area contributed by atoms with E-state index >= 15 is 0 Å². The minimum absolute atomic E-state index is 0.0396. The molecule has 130 valence electrons. The zero-order chi connectivity index (χ0) is 17.7. The number of amides is 4. The summed E-state index contributed by atoms with van der Waals surface area (Å²) in [7, 11) is 1.56. The van der Waals surface area contributed by atoms with E-state index in [4.69, 9.17) is 4.74 Å². The molecule has 1 heterocycles. The Morgan fingerprint density at radius 2 is 1.96 bits per heavy atom. The zero-order valence-electron chi connectivity index (χ0n) is 14.2. The summed E-state index contributed by atoms with van der Waals surface area (Å²) in [6.07, 6.45) is 1.04. The van der Waals surface area contributed by atoms with Crippen LogP contribution in [0.4, 0.5) is 10.5 Å². The Kier molecular flexibility index (Phi) is 5.78. The molecule has 1 aliphatic heterocycles. The first-order valence-electron chi connectivity index (χ1n) is 8.01. The lowest BCUT2D eigenvalue weighted by Gasteiger charge is -2.37. The number of imide groups is 1. The summed E-state index contributed by atoms with van der Waals surface area (Å²) < 4.78 is 5.05. The van der Waals surface area contributed by atoms with Crippen LogP contribution >= 0.6 is 0 Å². The highest BCUT2D eigenvalue weighted by atomic mass is 16.5. The van der Waals surface area contributed by atoms with E-state index in [1.54, 1.807) is 36.3 Å². The van der Waals surface area contributed by atoms with Crippen molar-refractivity contribution >= 4 is 23.5 Å². The standard InChI is InChI=1S/C17H23N3O4/c1-4-12(2)19-10-9-16(22)20(17(19)23)11-15(21)18-13-5-7-14(24-3)8-6-13/h5-8,12H,4,9-11H2,1-3H3,(H,18,21). The molecule has 0 aliphatic carbocycles. The molecule has 1 unspecified atom stereocenters. The lowest BCUT2D eigenvalue weighted by molar-refractivity contribution is -0.134. The Labute approximate surface area is 141 Å². The summed E-state index contributed by atoms with van der Waals surface area (Å²) in [6, 6.07) is 6.47. The van der Waals surface area contributed by atoms with Crippen molar-refractivity contribution in [3.63, 3.8) is 0 Å². The number of hydrogen-bond acceptors (Lipinski definition) is 4. The Morgan fingerprint density at radius 1 is 1.29 bits per heavy atom. The maximum Gasteiger partial charge on any atom is 0.327 e. The number of anilines is 1. The molecule has 1 aliphatic rings. The molecule has 2 rings (SSSR count). The number of hydrogen-bond donors (Lipinski definition) is 1. The van der Waals surface area contributed by atoms with Crippen LogP contribution in [0, 0.1) is 0 Å². The molecule has 0 spiro atoms. The number of nitrogens with zero attached hydrogens (tertiary/aromatic N) is 2. The smallest absolute Gasteiger partial charge is 0.327 e. The molecule has 1 aromatic rings. The van der Waals surface area contributed by atoms with Gasteiger partial charge in [0.25, 0.3) is 0 Å². The molecule has 0 bridgehead atoms. The van der Waals surface area contributed by atoms with Gasteiger partial charge in [-0.25, -0.2) is 4.79 Å². The van der Waals surface area contributed by atoms with Crippen molar-refractivity contribution in [1.82, 2.24) is 9.80 Å². The quantitative estimate of drug-likeness (QED) is 0.864. The van der Waals surface area contributed by atoms with E-state index in [1.807, 2.05) is 13.8 Å². The summed E-state index contributed by atoms with van der Waals surface area (Å²) in [4.78, 5) is 39.3. The average Bonchev–Trinajstić information content (AvgIpc) is 2.58. The number of nitrogens with one attached hydrogen (secondary N) is 1. The first-order chi connectivity index (χ1) is 11.5. The van der Waals surface area contributed by atoms with Gasteiger partial charge in [-0.2, -0.15) is 0 Å². The number of urea groups is 1. The Morgan fingerprint density at radius 3 is 2.54 bits per heavy atom. The molecule has 4 amide bonds. The molecule has 24 heavy (non-hydrogen) atoms. The van der Waals surface area contributed by atoms with Crippen LogP contribution in [-0.4, -0.2) is 53.9 Å². The molecule has 0 saturated carbocycles. The number of carbonyl (C=O) groups is 3. The third-order valence-electron chi connectivity index (χ3n) is 4.14. The maximum atomic E-state index is 12.4. The number of methoxy groups -OCH3 is 1. The second kappa shape index (κ2) is 7.81. The molecule has 0 aromatic heterocycles. The van der Waals surface area contributed by atoms with Crippen molar-refractivity contribution in [2.24, 2.45) is 0 Å². The van der Waals surface area contributed by atoms with E-state index in [2.05, 4.69) is 5.32 Å². The van der Waals surface area contributed by atoms with Crippen LogP contribution in [0.1, 0.15) is 26.7 Å². The van der Waals surface area contributed by atoms with Gasteiger partial charge >= 0.3 is 6.03 Å².